The molecule has 0 saturated carbocycles. The summed E-state index contributed by atoms with van der Waals surface area (Å²) in [6.45, 7) is 0. The van der Waals surface area contributed by atoms with Gasteiger partial charge in [-0.2, -0.15) is 0 Å². The molecule has 3 aromatic carbocycles. The van der Waals surface area contributed by atoms with Crippen molar-refractivity contribution in [2.24, 2.45) is 0 Å². The summed E-state index contributed by atoms with van der Waals surface area (Å²) in [5.74, 6) is -0.520. The van der Waals surface area contributed by atoms with E-state index < -0.39 is 5.97 Å². The molecule has 6 heteroatoms. The van der Waals surface area contributed by atoms with Crippen LogP contribution in [0.4, 0.5) is 22.7 Å². The molecular formula is C21H19ClN2O3. The Morgan fingerprint density at radius 2 is 1.59 bits per heavy atom. The summed E-state index contributed by atoms with van der Waals surface area (Å²) in [5.41, 5.74) is 3.45. The van der Waals surface area contributed by atoms with Gasteiger partial charge in [0.25, 0.3) is 0 Å². The lowest BCUT2D eigenvalue weighted by molar-refractivity contribution is 0.0697. The summed E-state index contributed by atoms with van der Waals surface area (Å²) in [5, 5.41) is 13.3. The van der Waals surface area contributed by atoms with E-state index in [9.17, 15) is 9.90 Å². The fourth-order valence-corrected chi connectivity index (χ4v) is 2.80. The Morgan fingerprint density at radius 1 is 1.00 bits per heavy atom. The minimum atomic E-state index is -1.02. The van der Waals surface area contributed by atoms with Crippen LogP contribution in [0.3, 0.4) is 0 Å². The number of aromatic carboxylic acids is 1. The van der Waals surface area contributed by atoms with E-state index >= 15 is 0 Å². The van der Waals surface area contributed by atoms with E-state index in [0.29, 0.717) is 16.5 Å². The van der Waals surface area contributed by atoms with Crippen LogP contribution in [0.5, 0.6) is 5.75 Å². The Hall–Kier alpha value is -3.18. The third-order valence-electron chi connectivity index (χ3n) is 4.20. The van der Waals surface area contributed by atoms with Crippen molar-refractivity contribution in [1.29, 1.82) is 0 Å². The molecule has 2 N–H and O–H groups in total. The Labute approximate surface area is 162 Å². The second-order valence-corrected chi connectivity index (χ2v) is 6.36. The number of methoxy groups -OCH3 is 1. The SMILES string of the molecule is COc1ccc(Nc2ccc(N(C)c3ccc(Cl)cc3)cc2)c(C(=O)O)c1. The van der Waals surface area contributed by atoms with Crippen molar-refractivity contribution in [3.05, 3.63) is 77.3 Å². The van der Waals surface area contributed by atoms with Crippen LogP contribution in [0.2, 0.25) is 5.02 Å². The number of benzene rings is 3. The van der Waals surface area contributed by atoms with Crippen LogP contribution in [0.25, 0.3) is 0 Å². The van der Waals surface area contributed by atoms with Gasteiger partial charge in [-0.1, -0.05) is 11.6 Å². The molecule has 0 aliphatic carbocycles. The third-order valence-corrected chi connectivity index (χ3v) is 4.46. The van der Waals surface area contributed by atoms with Crippen molar-refractivity contribution in [1.82, 2.24) is 0 Å². The second-order valence-electron chi connectivity index (χ2n) is 5.92. The van der Waals surface area contributed by atoms with Crippen LogP contribution in [-0.2, 0) is 0 Å². The van der Waals surface area contributed by atoms with Gasteiger partial charge in [0.05, 0.1) is 18.4 Å². The number of nitrogens with zero attached hydrogens (tertiary/aromatic N) is 1. The number of hydrogen-bond acceptors (Lipinski definition) is 4. The van der Waals surface area contributed by atoms with Crippen LogP contribution >= 0.6 is 11.6 Å². The Balaban J connectivity index is 1.80. The topological polar surface area (TPSA) is 61.8 Å². The normalized spacial score (nSPS) is 10.3. The average Bonchev–Trinajstić information content (AvgIpc) is 2.69. The summed E-state index contributed by atoms with van der Waals surface area (Å²) in [7, 11) is 3.47. The van der Waals surface area contributed by atoms with Crippen molar-refractivity contribution in [2.75, 3.05) is 24.4 Å². The first-order chi connectivity index (χ1) is 13.0. The maximum absolute atomic E-state index is 11.5. The number of hydrogen-bond donors (Lipinski definition) is 2. The number of carboxylic acid groups (broad SMARTS) is 1. The third kappa shape index (κ3) is 4.33. The first kappa shape index (κ1) is 18.6. The zero-order valence-electron chi connectivity index (χ0n) is 14.9. The first-order valence-corrected chi connectivity index (χ1v) is 8.63. The van der Waals surface area contributed by atoms with Gasteiger partial charge in [-0.15, -0.1) is 0 Å². The van der Waals surface area contributed by atoms with E-state index in [1.165, 1.54) is 13.2 Å². The van der Waals surface area contributed by atoms with Crippen molar-refractivity contribution < 1.29 is 14.6 Å². The predicted molar refractivity (Wildman–Crippen MR) is 109 cm³/mol. The number of nitrogens with one attached hydrogen (secondary N) is 1. The quantitative estimate of drug-likeness (QED) is 0.584. The molecule has 27 heavy (non-hydrogen) atoms. The number of carbonyl (C=O) groups is 1. The lowest BCUT2D eigenvalue weighted by Gasteiger charge is -2.20. The Morgan fingerprint density at radius 3 is 2.15 bits per heavy atom. The molecule has 0 aliphatic rings. The molecule has 3 aromatic rings. The summed E-state index contributed by atoms with van der Waals surface area (Å²) >= 11 is 5.94. The van der Waals surface area contributed by atoms with E-state index in [-0.39, 0.29) is 5.56 Å². The van der Waals surface area contributed by atoms with Crippen molar-refractivity contribution in [3.8, 4) is 5.75 Å². The van der Waals surface area contributed by atoms with Crippen LogP contribution in [0.1, 0.15) is 10.4 Å². The fourth-order valence-electron chi connectivity index (χ4n) is 2.67. The lowest BCUT2D eigenvalue weighted by atomic mass is 10.1. The zero-order valence-corrected chi connectivity index (χ0v) is 15.7. The van der Waals surface area contributed by atoms with Gasteiger partial charge in [0, 0.05) is 29.1 Å². The molecule has 0 fully saturated rings. The molecule has 0 amide bonds. The van der Waals surface area contributed by atoms with Crippen molar-refractivity contribution in [2.45, 2.75) is 0 Å². The number of rotatable bonds is 6. The van der Waals surface area contributed by atoms with Gasteiger partial charge >= 0.3 is 5.97 Å². The van der Waals surface area contributed by atoms with Crippen LogP contribution < -0.4 is 15.0 Å². The van der Waals surface area contributed by atoms with Crippen LogP contribution in [0.15, 0.2) is 66.7 Å². The monoisotopic (exact) mass is 382 g/mol. The smallest absolute Gasteiger partial charge is 0.337 e. The van der Waals surface area contributed by atoms with Crippen molar-refractivity contribution >= 4 is 40.3 Å². The molecule has 0 bridgehead atoms. The molecule has 0 radical (unpaired) electrons. The minimum absolute atomic E-state index is 0.150. The molecule has 0 atom stereocenters. The summed E-state index contributed by atoms with van der Waals surface area (Å²) < 4.78 is 5.10. The zero-order chi connectivity index (χ0) is 19.4. The average molecular weight is 383 g/mol. The fraction of sp³-hybridized carbons (Fsp3) is 0.0952. The van der Waals surface area contributed by atoms with Crippen LogP contribution in [0, 0.1) is 0 Å². The van der Waals surface area contributed by atoms with Gasteiger partial charge < -0.3 is 20.1 Å². The lowest BCUT2D eigenvalue weighted by Crippen LogP contribution is -2.09. The first-order valence-electron chi connectivity index (χ1n) is 8.25. The summed E-state index contributed by atoms with van der Waals surface area (Å²) in [4.78, 5) is 13.5. The van der Waals surface area contributed by atoms with Gasteiger partial charge in [-0.05, 0) is 66.7 Å². The highest BCUT2D eigenvalue weighted by Crippen LogP contribution is 2.29. The van der Waals surface area contributed by atoms with Gasteiger partial charge in [-0.3, -0.25) is 0 Å². The minimum Gasteiger partial charge on any atom is -0.497 e. The van der Waals surface area contributed by atoms with Crippen molar-refractivity contribution in [3.63, 3.8) is 0 Å². The second kappa shape index (κ2) is 8.01. The molecule has 0 saturated heterocycles. The molecule has 3 rings (SSSR count). The maximum Gasteiger partial charge on any atom is 0.337 e. The van der Waals surface area contributed by atoms with Crippen LogP contribution in [-0.4, -0.2) is 25.2 Å². The van der Waals surface area contributed by atoms with E-state index in [1.54, 1.807) is 12.1 Å². The van der Waals surface area contributed by atoms with E-state index in [2.05, 4.69) is 5.32 Å². The standard InChI is InChI=1S/C21H19ClN2O3/c1-24(16-7-3-14(22)4-8-16)17-9-5-15(6-10-17)23-20-12-11-18(27-2)13-19(20)21(25)26/h3-13,23H,1-2H3,(H,25,26). The molecule has 0 heterocycles. The van der Waals surface area contributed by atoms with Gasteiger partial charge in [0.15, 0.2) is 0 Å². The molecule has 0 aromatic heterocycles. The summed E-state index contributed by atoms with van der Waals surface area (Å²) in [6, 6.07) is 20.2. The Kier molecular flexibility index (Phi) is 5.52. The highest BCUT2D eigenvalue weighted by molar-refractivity contribution is 6.30. The highest BCUT2D eigenvalue weighted by Gasteiger charge is 2.12. The molecule has 0 unspecified atom stereocenters. The highest BCUT2D eigenvalue weighted by atomic mass is 35.5. The molecule has 5 nitrogen and oxygen atoms in total. The van der Waals surface area contributed by atoms with E-state index in [4.69, 9.17) is 16.3 Å². The number of anilines is 4. The largest absolute Gasteiger partial charge is 0.497 e. The molecule has 138 valence electrons. The summed E-state index contributed by atoms with van der Waals surface area (Å²) in [6.07, 6.45) is 0. The van der Waals surface area contributed by atoms with Gasteiger partial charge in [0.2, 0.25) is 0 Å². The van der Waals surface area contributed by atoms with E-state index in [1.807, 2.05) is 60.5 Å². The van der Waals surface area contributed by atoms with Gasteiger partial charge in [0.1, 0.15) is 5.75 Å². The predicted octanol–water partition coefficient (Wildman–Crippen LogP) is 5.56. The molecule has 0 spiro atoms. The number of ether oxygens (including phenoxy) is 1. The maximum atomic E-state index is 11.5. The molecular weight excluding hydrogens is 364 g/mol. The number of halogens is 1. The van der Waals surface area contributed by atoms with E-state index in [0.717, 1.165) is 17.1 Å². The van der Waals surface area contributed by atoms with Gasteiger partial charge in [-0.25, -0.2) is 4.79 Å². The molecule has 0 aliphatic heterocycles. The number of carboxylic acids is 1. The Bertz CT molecular complexity index is 941.